The fraction of sp³-hybridized carbons (Fsp3) is 0.133. The highest BCUT2D eigenvalue weighted by molar-refractivity contribution is 5.51. The lowest BCUT2D eigenvalue weighted by Gasteiger charge is -2.10. The van der Waals surface area contributed by atoms with Crippen LogP contribution in [-0.4, -0.2) is 7.05 Å². The monoisotopic (exact) mass is 238 g/mol. The Morgan fingerprint density at radius 3 is 2.44 bits per heavy atom. The molecule has 0 atom stereocenters. The molecule has 1 N–H and O–H groups in total. The molecule has 3 nitrogen and oxygen atoms in total. The van der Waals surface area contributed by atoms with Crippen molar-refractivity contribution < 1.29 is 4.74 Å². The van der Waals surface area contributed by atoms with Crippen molar-refractivity contribution in [1.82, 2.24) is 0 Å². The van der Waals surface area contributed by atoms with E-state index in [4.69, 9.17) is 10.00 Å². The number of nitrogens with zero attached hydrogens (tertiary/aromatic N) is 1. The Hall–Kier alpha value is -2.47. The van der Waals surface area contributed by atoms with E-state index < -0.39 is 0 Å². The smallest absolute Gasteiger partial charge is 0.148 e. The van der Waals surface area contributed by atoms with Crippen molar-refractivity contribution in [2.45, 2.75) is 6.92 Å². The van der Waals surface area contributed by atoms with Crippen LogP contribution in [-0.2, 0) is 0 Å². The predicted molar refractivity (Wildman–Crippen MR) is 72.0 cm³/mol. The first-order valence-corrected chi connectivity index (χ1v) is 5.70. The van der Waals surface area contributed by atoms with Gasteiger partial charge in [-0.3, -0.25) is 0 Å². The molecule has 0 amide bonds. The van der Waals surface area contributed by atoms with E-state index in [1.807, 2.05) is 50.4 Å². The quantitative estimate of drug-likeness (QED) is 0.886. The van der Waals surface area contributed by atoms with E-state index in [0.717, 1.165) is 17.0 Å². The van der Waals surface area contributed by atoms with Crippen LogP contribution in [0, 0.1) is 18.3 Å². The Morgan fingerprint density at radius 2 is 1.83 bits per heavy atom. The van der Waals surface area contributed by atoms with Gasteiger partial charge in [-0.15, -0.1) is 0 Å². The SMILES string of the molecule is CNc1ccc(Oc2c(C)cccc2C#N)cc1. The van der Waals surface area contributed by atoms with E-state index in [0.29, 0.717) is 11.3 Å². The van der Waals surface area contributed by atoms with Crippen LogP contribution < -0.4 is 10.1 Å². The highest BCUT2D eigenvalue weighted by Crippen LogP contribution is 2.29. The van der Waals surface area contributed by atoms with Gasteiger partial charge in [0, 0.05) is 12.7 Å². The summed E-state index contributed by atoms with van der Waals surface area (Å²) in [6.07, 6.45) is 0. The van der Waals surface area contributed by atoms with Gasteiger partial charge in [-0.1, -0.05) is 12.1 Å². The molecule has 0 saturated carbocycles. The van der Waals surface area contributed by atoms with Crippen molar-refractivity contribution >= 4 is 5.69 Å². The van der Waals surface area contributed by atoms with Crippen LogP contribution in [0.3, 0.4) is 0 Å². The lowest BCUT2D eigenvalue weighted by molar-refractivity contribution is 0.477. The molecule has 0 aliphatic rings. The number of benzene rings is 2. The Labute approximate surface area is 107 Å². The van der Waals surface area contributed by atoms with E-state index in [1.54, 1.807) is 6.07 Å². The first kappa shape index (κ1) is 12.0. The molecule has 0 heterocycles. The molecular formula is C15H14N2O. The molecule has 0 bridgehead atoms. The Balaban J connectivity index is 2.31. The molecule has 90 valence electrons. The molecule has 0 radical (unpaired) electrons. The number of nitriles is 1. The van der Waals surface area contributed by atoms with E-state index >= 15 is 0 Å². The van der Waals surface area contributed by atoms with Gasteiger partial charge >= 0.3 is 0 Å². The highest BCUT2D eigenvalue weighted by atomic mass is 16.5. The lowest BCUT2D eigenvalue weighted by atomic mass is 10.1. The van der Waals surface area contributed by atoms with E-state index in [9.17, 15) is 0 Å². The number of aryl methyl sites for hydroxylation is 1. The van der Waals surface area contributed by atoms with Crippen LogP contribution in [0.2, 0.25) is 0 Å². The molecule has 0 aliphatic heterocycles. The van der Waals surface area contributed by atoms with Gasteiger partial charge in [-0.05, 0) is 42.8 Å². The largest absolute Gasteiger partial charge is 0.456 e. The minimum atomic E-state index is 0.549. The number of ether oxygens (including phenoxy) is 1. The maximum atomic E-state index is 9.06. The molecule has 0 spiro atoms. The van der Waals surface area contributed by atoms with Gasteiger partial charge in [0.2, 0.25) is 0 Å². The van der Waals surface area contributed by atoms with Gasteiger partial charge in [-0.25, -0.2) is 0 Å². The topological polar surface area (TPSA) is 45.0 Å². The standard InChI is InChI=1S/C15H14N2O/c1-11-4-3-5-12(10-16)15(11)18-14-8-6-13(17-2)7-9-14/h3-9,17H,1-2H3. The fourth-order valence-corrected chi connectivity index (χ4v) is 1.68. The van der Waals surface area contributed by atoms with Crippen LogP contribution in [0.4, 0.5) is 5.69 Å². The molecule has 0 aliphatic carbocycles. The van der Waals surface area contributed by atoms with Crippen LogP contribution in [0.25, 0.3) is 0 Å². The molecule has 0 aromatic heterocycles. The molecule has 2 aromatic rings. The van der Waals surface area contributed by atoms with E-state index in [1.165, 1.54) is 0 Å². The summed E-state index contributed by atoms with van der Waals surface area (Å²) in [7, 11) is 1.87. The van der Waals surface area contributed by atoms with E-state index in [-0.39, 0.29) is 0 Å². The number of rotatable bonds is 3. The summed E-state index contributed by atoms with van der Waals surface area (Å²) in [5.41, 5.74) is 2.52. The molecule has 0 unspecified atom stereocenters. The Kier molecular flexibility index (Phi) is 3.49. The van der Waals surface area contributed by atoms with Gasteiger partial charge in [0.15, 0.2) is 0 Å². The van der Waals surface area contributed by atoms with Crippen molar-refractivity contribution in [2.24, 2.45) is 0 Å². The highest BCUT2D eigenvalue weighted by Gasteiger charge is 2.07. The van der Waals surface area contributed by atoms with Gasteiger partial charge in [0.05, 0.1) is 5.56 Å². The molecule has 18 heavy (non-hydrogen) atoms. The van der Waals surface area contributed by atoms with Gasteiger partial charge in [-0.2, -0.15) is 5.26 Å². The Bertz CT molecular complexity index is 582. The predicted octanol–water partition coefficient (Wildman–Crippen LogP) is 3.70. The zero-order valence-corrected chi connectivity index (χ0v) is 10.4. The van der Waals surface area contributed by atoms with Crippen molar-refractivity contribution in [3.63, 3.8) is 0 Å². The zero-order valence-electron chi connectivity index (χ0n) is 10.4. The minimum Gasteiger partial charge on any atom is -0.456 e. The van der Waals surface area contributed by atoms with Crippen LogP contribution in [0.5, 0.6) is 11.5 Å². The molecular weight excluding hydrogens is 224 g/mol. The number of hydrogen-bond acceptors (Lipinski definition) is 3. The summed E-state index contributed by atoms with van der Waals surface area (Å²) in [4.78, 5) is 0. The molecule has 2 aromatic carbocycles. The number of nitrogens with one attached hydrogen (secondary N) is 1. The fourth-order valence-electron chi connectivity index (χ4n) is 1.68. The molecule has 0 fully saturated rings. The third-order valence-corrected chi connectivity index (χ3v) is 2.70. The summed E-state index contributed by atoms with van der Waals surface area (Å²) >= 11 is 0. The van der Waals surface area contributed by atoms with Gasteiger partial charge in [0.25, 0.3) is 0 Å². The zero-order chi connectivity index (χ0) is 13.0. The summed E-state index contributed by atoms with van der Waals surface area (Å²) in [6.45, 7) is 1.93. The number of anilines is 1. The van der Waals surface area contributed by atoms with Crippen molar-refractivity contribution in [1.29, 1.82) is 5.26 Å². The first-order chi connectivity index (χ1) is 8.74. The van der Waals surface area contributed by atoms with Crippen molar-refractivity contribution in [3.8, 4) is 17.6 Å². The van der Waals surface area contributed by atoms with Crippen LogP contribution in [0.1, 0.15) is 11.1 Å². The van der Waals surface area contributed by atoms with Crippen LogP contribution >= 0.6 is 0 Å². The normalized spacial score (nSPS) is 9.61. The van der Waals surface area contributed by atoms with Crippen molar-refractivity contribution in [2.75, 3.05) is 12.4 Å². The average Bonchev–Trinajstić information content (AvgIpc) is 2.42. The second-order valence-corrected chi connectivity index (χ2v) is 3.94. The lowest BCUT2D eigenvalue weighted by Crippen LogP contribution is -1.92. The van der Waals surface area contributed by atoms with Gasteiger partial charge < -0.3 is 10.1 Å². The number of hydrogen-bond donors (Lipinski definition) is 1. The average molecular weight is 238 g/mol. The molecule has 3 heteroatoms. The maximum absolute atomic E-state index is 9.06. The molecule has 2 rings (SSSR count). The third-order valence-electron chi connectivity index (χ3n) is 2.70. The summed E-state index contributed by atoms with van der Waals surface area (Å²) in [5.74, 6) is 1.34. The summed E-state index contributed by atoms with van der Waals surface area (Å²) in [6, 6.07) is 15.3. The Morgan fingerprint density at radius 1 is 1.11 bits per heavy atom. The van der Waals surface area contributed by atoms with Crippen LogP contribution in [0.15, 0.2) is 42.5 Å². The third kappa shape index (κ3) is 2.44. The second kappa shape index (κ2) is 5.24. The maximum Gasteiger partial charge on any atom is 0.148 e. The summed E-state index contributed by atoms with van der Waals surface area (Å²) < 4.78 is 5.78. The number of para-hydroxylation sites is 1. The molecule has 0 saturated heterocycles. The second-order valence-electron chi connectivity index (χ2n) is 3.94. The minimum absolute atomic E-state index is 0.549. The first-order valence-electron chi connectivity index (χ1n) is 5.70. The summed E-state index contributed by atoms with van der Waals surface area (Å²) in [5, 5.41) is 12.1. The van der Waals surface area contributed by atoms with E-state index in [2.05, 4.69) is 11.4 Å². The van der Waals surface area contributed by atoms with Gasteiger partial charge in [0.1, 0.15) is 17.6 Å². The van der Waals surface area contributed by atoms with Crippen molar-refractivity contribution in [3.05, 3.63) is 53.6 Å².